The molecular weight excluding hydrogens is 646 g/mol. The molecule has 1 saturated heterocycles. The normalized spacial score (nSPS) is 15.2. The maximum Gasteiger partial charge on any atom is 0.404 e. The molecule has 0 saturated carbocycles. The Kier molecular flexibility index (Phi) is 9.35. The van der Waals surface area contributed by atoms with Crippen LogP contribution < -0.4 is 15.9 Å². The molecule has 3 heterocycles. The molecule has 0 bridgehead atoms. The molecule has 252 valence electrons. The van der Waals surface area contributed by atoms with Crippen LogP contribution in [0.15, 0.2) is 64.8 Å². The van der Waals surface area contributed by atoms with Gasteiger partial charge >= 0.3 is 11.8 Å². The molecule has 2 N–H and O–H groups in total. The molecule has 48 heavy (non-hydrogen) atoms. The van der Waals surface area contributed by atoms with Crippen molar-refractivity contribution in [3.05, 3.63) is 88.4 Å². The van der Waals surface area contributed by atoms with E-state index < -0.39 is 45.0 Å². The fourth-order valence-corrected chi connectivity index (χ4v) is 6.88. The predicted octanol–water partition coefficient (Wildman–Crippen LogP) is 4.24. The van der Waals surface area contributed by atoms with Gasteiger partial charge in [-0.05, 0) is 48.2 Å². The van der Waals surface area contributed by atoms with Gasteiger partial charge in [-0.1, -0.05) is 44.7 Å². The van der Waals surface area contributed by atoms with E-state index in [1.807, 2.05) is 13.8 Å². The molecule has 1 aliphatic rings. The van der Waals surface area contributed by atoms with Crippen molar-refractivity contribution >= 4 is 38.7 Å². The Morgan fingerprint density at radius 1 is 1.12 bits per heavy atom. The van der Waals surface area contributed by atoms with Gasteiger partial charge in [0.1, 0.15) is 23.1 Å². The topological polar surface area (TPSA) is 155 Å². The van der Waals surface area contributed by atoms with Crippen LogP contribution >= 0.6 is 0 Å². The SMILES string of the molecule is C=CC(=O)N1CCN(c2nc(=O)n(-c3c(C(C)C)cccc3S(C)(=O)=O)c3nc(-c4c(F)cccc4CNC(=O)O)c(F)cc23)[C@@H](C)C1. The van der Waals surface area contributed by atoms with E-state index in [1.165, 1.54) is 24.3 Å². The molecule has 15 heteroatoms. The van der Waals surface area contributed by atoms with Crippen LogP contribution in [0.25, 0.3) is 28.0 Å². The van der Waals surface area contributed by atoms with E-state index in [-0.39, 0.29) is 76.6 Å². The van der Waals surface area contributed by atoms with Crippen molar-refractivity contribution < 1.29 is 31.9 Å². The maximum atomic E-state index is 16.3. The lowest BCUT2D eigenvalue weighted by Gasteiger charge is -2.40. The first-order valence-electron chi connectivity index (χ1n) is 15.0. The first-order valence-corrected chi connectivity index (χ1v) is 16.9. The minimum absolute atomic E-state index is 0.0233. The Morgan fingerprint density at radius 2 is 1.83 bits per heavy atom. The number of para-hydroxylation sites is 1. The number of amides is 2. The van der Waals surface area contributed by atoms with Crippen molar-refractivity contribution in [2.24, 2.45) is 0 Å². The second kappa shape index (κ2) is 13.1. The summed E-state index contributed by atoms with van der Waals surface area (Å²) in [5, 5.41) is 11.4. The number of nitrogens with one attached hydrogen (secondary N) is 1. The highest BCUT2D eigenvalue weighted by molar-refractivity contribution is 7.90. The Balaban J connectivity index is 1.89. The summed E-state index contributed by atoms with van der Waals surface area (Å²) in [5.74, 6) is -2.41. The van der Waals surface area contributed by atoms with Crippen LogP contribution in [0.2, 0.25) is 0 Å². The number of carbonyl (C=O) groups is 2. The van der Waals surface area contributed by atoms with E-state index in [0.29, 0.717) is 5.56 Å². The molecule has 2 amide bonds. The smallest absolute Gasteiger partial charge is 0.404 e. The molecule has 0 spiro atoms. The van der Waals surface area contributed by atoms with Gasteiger partial charge in [0.25, 0.3) is 0 Å². The molecule has 12 nitrogen and oxygen atoms in total. The van der Waals surface area contributed by atoms with Crippen molar-refractivity contribution in [3.8, 4) is 16.9 Å². The molecule has 1 fully saturated rings. The molecular formula is C33H34F2N6O6S. The summed E-state index contributed by atoms with van der Waals surface area (Å²) in [6.45, 7) is 9.29. The van der Waals surface area contributed by atoms with Gasteiger partial charge in [0.15, 0.2) is 15.5 Å². The van der Waals surface area contributed by atoms with Gasteiger partial charge in [0, 0.05) is 44.0 Å². The van der Waals surface area contributed by atoms with Crippen LogP contribution in [-0.4, -0.2) is 76.9 Å². The molecule has 1 aliphatic heterocycles. The van der Waals surface area contributed by atoms with Crippen molar-refractivity contribution in [3.63, 3.8) is 0 Å². The Morgan fingerprint density at radius 3 is 2.46 bits per heavy atom. The number of halogens is 2. The second-order valence-corrected chi connectivity index (χ2v) is 13.8. The van der Waals surface area contributed by atoms with E-state index in [1.54, 1.807) is 28.9 Å². The number of hydrogen-bond acceptors (Lipinski definition) is 8. The fourth-order valence-electron chi connectivity index (χ4n) is 6.00. The van der Waals surface area contributed by atoms with Crippen LogP contribution in [0.4, 0.5) is 19.4 Å². The number of benzene rings is 2. The number of pyridine rings is 1. The lowest BCUT2D eigenvalue weighted by molar-refractivity contribution is -0.126. The van der Waals surface area contributed by atoms with Gasteiger partial charge in [-0.2, -0.15) is 4.98 Å². The summed E-state index contributed by atoms with van der Waals surface area (Å²) in [5.41, 5.74) is -1.47. The van der Waals surface area contributed by atoms with Crippen molar-refractivity contribution in [1.82, 2.24) is 24.8 Å². The van der Waals surface area contributed by atoms with E-state index >= 15 is 8.78 Å². The first kappa shape index (κ1) is 34.2. The van der Waals surface area contributed by atoms with E-state index in [9.17, 15) is 27.9 Å². The summed E-state index contributed by atoms with van der Waals surface area (Å²) in [7, 11) is -3.95. The molecule has 0 aliphatic carbocycles. The Labute approximate surface area is 275 Å². The minimum atomic E-state index is -3.95. The van der Waals surface area contributed by atoms with Crippen LogP contribution in [0.3, 0.4) is 0 Å². The highest BCUT2D eigenvalue weighted by Crippen LogP contribution is 2.36. The van der Waals surface area contributed by atoms with Gasteiger partial charge in [-0.25, -0.2) is 36.3 Å². The maximum absolute atomic E-state index is 16.3. The number of carbonyl (C=O) groups excluding carboxylic acids is 1. The van der Waals surface area contributed by atoms with Crippen molar-refractivity contribution in [2.45, 2.75) is 44.2 Å². The third-order valence-electron chi connectivity index (χ3n) is 8.23. The molecule has 1 atom stereocenters. The molecule has 4 aromatic rings. The monoisotopic (exact) mass is 680 g/mol. The summed E-state index contributed by atoms with van der Waals surface area (Å²) < 4.78 is 59.0. The third-order valence-corrected chi connectivity index (χ3v) is 9.36. The quantitative estimate of drug-likeness (QED) is 0.260. The van der Waals surface area contributed by atoms with E-state index in [2.05, 4.69) is 21.9 Å². The zero-order valence-corrected chi connectivity index (χ0v) is 27.5. The van der Waals surface area contributed by atoms with Gasteiger partial charge in [-0.3, -0.25) is 4.79 Å². The van der Waals surface area contributed by atoms with E-state index in [4.69, 9.17) is 0 Å². The molecule has 5 rings (SSSR count). The average molecular weight is 681 g/mol. The van der Waals surface area contributed by atoms with E-state index in [0.717, 1.165) is 23.0 Å². The highest BCUT2D eigenvalue weighted by Gasteiger charge is 2.32. The highest BCUT2D eigenvalue weighted by atomic mass is 32.2. The molecule has 2 aromatic heterocycles. The van der Waals surface area contributed by atoms with Crippen LogP contribution in [0, 0.1) is 11.6 Å². The zero-order valence-electron chi connectivity index (χ0n) is 26.7. The number of sulfone groups is 1. The molecule has 2 aromatic carbocycles. The van der Waals surface area contributed by atoms with Gasteiger partial charge in [0.2, 0.25) is 5.91 Å². The Hall–Kier alpha value is -5.18. The third kappa shape index (κ3) is 6.37. The largest absolute Gasteiger partial charge is 0.465 e. The molecule has 0 radical (unpaired) electrons. The summed E-state index contributed by atoms with van der Waals surface area (Å²) in [6, 6.07) is 9.03. The average Bonchev–Trinajstić information content (AvgIpc) is 3.02. The van der Waals surface area contributed by atoms with Crippen LogP contribution in [-0.2, 0) is 21.2 Å². The van der Waals surface area contributed by atoms with Crippen molar-refractivity contribution in [2.75, 3.05) is 30.8 Å². The fraction of sp³-hybridized carbons (Fsp3) is 0.303. The lowest BCUT2D eigenvalue weighted by atomic mass is 10.0. The Bertz CT molecular complexity index is 2140. The summed E-state index contributed by atoms with van der Waals surface area (Å²) >= 11 is 0. The first-order chi connectivity index (χ1) is 22.6. The summed E-state index contributed by atoms with van der Waals surface area (Å²) in [4.78, 5) is 49.8. The number of aromatic nitrogens is 3. The minimum Gasteiger partial charge on any atom is -0.465 e. The molecule has 0 unspecified atom stereocenters. The number of rotatable bonds is 8. The number of nitrogens with zero attached hydrogens (tertiary/aromatic N) is 5. The van der Waals surface area contributed by atoms with Crippen LogP contribution in [0.1, 0.15) is 37.8 Å². The van der Waals surface area contributed by atoms with Gasteiger partial charge in [0.05, 0.1) is 16.0 Å². The van der Waals surface area contributed by atoms with Crippen molar-refractivity contribution in [1.29, 1.82) is 0 Å². The predicted molar refractivity (Wildman–Crippen MR) is 176 cm³/mol. The number of anilines is 1. The van der Waals surface area contributed by atoms with Gasteiger partial charge in [-0.15, -0.1) is 0 Å². The number of piperazine rings is 1. The van der Waals surface area contributed by atoms with Gasteiger partial charge < -0.3 is 20.2 Å². The number of fused-ring (bicyclic) bond motifs is 1. The zero-order chi connectivity index (χ0) is 35.1. The summed E-state index contributed by atoms with van der Waals surface area (Å²) in [6.07, 6.45) is 0.812. The number of carboxylic acid groups (broad SMARTS) is 1. The lowest BCUT2D eigenvalue weighted by Crippen LogP contribution is -2.54. The van der Waals surface area contributed by atoms with Crippen LogP contribution in [0.5, 0.6) is 0 Å². The number of hydrogen-bond donors (Lipinski definition) is 2. The standard InChI is InChI=1S/C33H34F2N6O6S/c1-6-26(42)39-13-14-40(19(4)17-39)30-22-15-24(35)28(27-20(16-36-33(44)45)9-7-11-23(27)34)37-31(22)41(32(43)38-30)29-21(18(2)3)10-8-12-25(29)48(5,46)47/h6-12,15,18-19,36H,1,13-14,16-17H2,2-5H3,(H,44,45)/t19-/m0/s1. The second-order valence-electron chi connectivity index (χ2n) is 11.8.